The van der Waals surface area contributed by atoms with Crippen molar-refractivity contribution < 1.29 is 13.9 Å². The number of allylic oxidation sites excluding steroid dienone is 1. The van der Waals surface area contributed by atoms with Crippen LogP contribution in [0, 0.1) is 5.82 Å². The van der Waals surface area contributed by atoms with E-state index in [4.69, 9.17) is 9.73 Å². The first-order valence-corrected chi connectivity index (χ1v) is 14.9. The minimum Gasteiger partial charge on any atom is -0.463 e. The molecule has 0 bridgehead atoms. The highest BCUT2D eigenvalue weighted by Crippen LogP contribution is 2.32. The molecule has 3 aromatic carbocycles. The summed E-state index contributed by atoms with van der Waals surface area (Å²) in [6.07, 6.45) is 3.90. The number of hydrogen-bond donors (Lipinski definition) is 0. The Morgan fingerprint density at radius 2 is 1.79 bits per heavy atom. The van der Waals surface area contributed by atoms with E-state index >= 15 is 0 Å². The fraction of sp³-hybridized carbons (Fsp3) is 0.206. The summed E-state index contributed by atoms with van der Waals surface area (Å²) in [5, 5.41) is 0.995. The maximum Gasteiger partial charge on any atom is 0.338 e. The fourth-order valence-electron chi connectivity index (χ4n) is 5.51. The summed E-state index contributed by atoms with van der Waals surface area (Å²) in [6.45, 7) is 4.32. The van der Waals surface area contributed by atoms with Crippen LogP contribution in [-0.4, -0.2) is 35.8 Å². The van der Waals surface area contributed by atoms with E-state index in [-0.39, 0.29) is 18.0 Å². The van der Waals surface area contributed by atoms with E-state index in [1.165, 1.54) is 23.5 Å². The Morgan fingerprint density at radius 1 is 1.07 bits per heavy atom. The largest absolute Gasteiger partial charge is 0.463 e. The number of rotatable bonds is 7. The van der Waals surface area contributed by atoms with Gasteiger partial charge in [-0.05, 0) is 61.4 Å². The zero-order valence-electron chi connectivity index (χ0n) is 24.4. The molecule has 0 spiro atoms. The number of ether oxygens (including phenoxy) is 1. The Labute approximate surface area is 252 Å². The first-order chi connectivity index (χ1) is 20.7. The quantitative estimate of drug-likeness (QED) is 0.249. The van der Waals surface area contributed by atoms with E-state index in [0.717, 1.165) is 33.3 Å². The maximum atomic E-state index is 14.1. The molecule has 0 N–H and O–H groups in total. The van der Waals surface area contributed by atoms with Gasteiger partial charge in [0.1, 0.15) is 5.82 Å². The summed E-state index contributed by atoms with van der Waals surface area (Å²) in [7, 11) is 3.92. The first-order valence-electron chi connectivity index (χ1n) is 14.0. The number of anilines is 1. The van der Waals surface area contributed by atoms with E-state index < -0.39 is 12.0 Å². The highest BCUT2D eigenvalue weighted by Gasteiger charge is 2.33. The van der Waals surface area contributed by atoms with E-state index in [2.05, 4.69) is 4.57 Å². The number of esters is 1. The highest BCUT2D eigenvalue weighted by atomic mass is 32.1. The lowest BCUT2D eigenvalue weighted by Crippen LogP contribution is -2.39. The third kappa shape index (κ3) is 5.32. The van der Waals surface area contributed by atoms with Crippen molar-refractivity contribution in [2.45, 2.75) is 26.4 Å². The van der Waals surface area contributed by atoms with Crippen LogP contribution in [0.1, 0.15) is 36.6 Å². The van der Waals surface area contributed by atoms with Gasteiger partial charge >= 0.3 is 5.97 Å². The SMILES string of the molecule is CCOC(=O)C1=C(C)N=c2s/c(=C\c3cn(Cc4ccc(F)cc4)c4ccccc34)c(=O)n2[C@H]1c1ccc(N(C)C)cc1. The van der Waals surface area contributed by atoms with Crippen LogP contribution in [0.5, 0.6) is 0 Å². The second-order valence-electron chi connectivity index (χ2n) is 10.6. The molecule has 43 heavy (non-hydrogen) atoms. The van der Waals surface area contributed by atoms with E-state index in [9.17, 15) is 14.0 Å². The van der Waals surface area contributed by atoms with Gasteiger partial charge < -0.3 is 14.2 Å². The molecule has 1 aliphatic rings. The predicted molar refractivity (Wildman–Crippen MR) is 169 cm³/mol. The lowest BCUT2D eigenvalue weighted by molar-refractivity contribution is -0.139. The maximum absolute atomic E-state index is 14.1. The van der Waals surface area contributed by atoms with Gasteiger partial charge in [-0.2, -0.15) is 0 Å². The Morgan fingerprint density at radius 3 is 2.49 bits per heavy atom. The number of hydrogen-bond acceptors (Lipinski definition) is 6. The molecule has 0 amide bonds. The van der Waals surface area contributed by atoms with Crippen molar-refractivity contribution in [2.75, 3.05) is 25.6 Å². The predicted octanol–water partition coefficient (Wildman–Crippen LogP) is 5.01. The Bertz CT molecular complexity index is 2050. The second kappa shape index (κ2) is 11.5. The van der Waals surface area contributed by atoms with Crippen LogP contribution >= 0.6 is 11.3 Å². The Hall–Kier alpha value is -4.76. The minimum absolute atomic E-state index is 0.217. The third-order valence-electron chi connectivity index (χ3n) is 7.61. The van der Waals surface area contributed by atoms with E-state index in [1.807, 2.05) is 79.8 Å². The molecule has 0 radical (unpaired) electrons. The zero-order chi connectivity index (χ0) is 30.2. The van der Waals surface area contributed by atoms with Gasteiger partial charge in [0, 0.05) is 49.0 Å². The summed E-state index contributed by atoms with van der Waals surface area (Å²) < 4.78 is 23.1. The van der Waals surface area contributed by atoms with Gasteiger partial charge in [-0.25, -0.2) is 14.2 Å². The van der Waals surface area contributed by atoms with Gasteiger partial charge in [0.2, 0.25) is 0 Å². The average molecular weight is 595 g/mol. The van der Waals surface area contributed by atoms with Gasteiger partial charge in [-0.1, -0.05) is 53.8 Å². The van der Waals surface area contributed by atoms with Crippen molar-refractivity contribution in [3.05, 3.63) is 132 Å². The molecule has 0 fully saturated rings. The molecule has 7 nitrogen and oxygen atoms in total. The number of nitrogens with zero attached hydrogens (tertiary/aromatic N) is 4. The second-order valence-corrected chi connectivity index (χ2v) is 11.7. The van der Waals surface area contributed by atoms with Crippen molar-refractivity contribution in [1.82, 2.24) is 9.13 Å². The summed E-state index contributed by atoms with van der Waals surface area (Å²) in [5.41, 5.74) is 5.32. The standard InChI is InChI=1S/C34H31FN4O3S/c1-5-42-33(41)30-21(2)36-34-39(31(30)23-12-16-26(17-13-23)37(3)4)32(40)29(43-34)18-24-20-38(28-9-7-6-8-27(24)28)19-22-10-14-25(35)15-11-22/h6-18,20,31H,5,19H2,1-4H3/b29-18-/t31-/m0/s1. The number of para-hydroxylation sites is 1. The van der Waals surface area contributed by atoms with Crippen LogP contribution in [0.3, 0.4) is 0 Å². The highest BCUT2D eigenvalue weighted by molar-refractivity contribution is 7.07. The molecule has 218 valence electrons. The number of thiazole rings is 1. The molecule has 1 aliphatic heterocycles. The number of fused-ring (bicyclic) bond motifs is 2. The fourth-order valence-corrected chi connectivity index (χ4v) is 6.55. The topological polar surface area (TPSA) is 68.8 Å². The molecular formula is C34H31FN4O3S. The van der Waals surface area contributed by atoms with Crippen molar-refractivity contribution >= 4 is 40.0 Å². The first kappa shape index (κ1) is 28.4. The molecule has 0 aliphatic carbocycles. The van der Waals surface area contributed by atoms with Crippen LogP contribution in [0.15, 0.2) is 100 Å². The van der Waals surface area contributed by atoms with Gasteiger partial charge in [0.15, 0.2) is 4.80 Å². The molecule has 1 atom stereocenters. The molecule has 6 rings (SSSR count). The molecular weight excluding hydrogens is 563 g/mol. The number of halogens is 1. The summed E-state index contributed by atoms with van der Waals surface area (Å²) in [4.78, 5) is 34.6. The number of benzene rings is 3. The van der Waals surface area contributed by atoms with Crippen LogP contribution in [-0.2, 0) is 16.1 Å². The molecule has 0 unspecified atom stereocenters. The molecule has 0 saturated heterocycles. The molecule has 9 heteroatoms. The lowest BCUT2D eigenvalue weighted by atomic mass is 9.95. The van der Waals surface area contributed by atoms with Gasteiger partial charge in [-0.15, -0.1) is 0 Å². The monoisotopic (exact) mass is 594 g/mol. The average Bonchev–Trinajstić information content (AvgIpc) is 3.49. The van der Waals surface area contributed by atoms with Crippen molar-refractivity contribution in [3.8, 4) is 0 Å². The van der Waals surface area contributed by atoms with Gasteiger partial charge in [-0.3, -0.25) is 9.36 Å². The van der Waals surface area contributed by atoms with Crippen LogP contribution in [0.4, 0.5) is 10.1 Å². The molecule has 5 aromatic rings. The van der Waals surface area contributed by atoms with Gasteiger partial charge in [0.05, 0.1) is 28.5 Å². The number of carbonyl (C=O) groups excluding carboxylic acids is 1. The van der Waals surface area contributed by atoms with Gasteiger partial charge in [0.25, 0.3) is 5.56 Å². The van der Waals surface area contributed by atoms with Crippen LogP contribution in [0.25, 0.3) is 17.0 Å². The Balaban J connectivity index is 1.50. The zero-order valence-corrected chi connectivity index (χ0v) is 25.2. The van der Waals surface area contributed by atoms with Crippen molar-refractivity contribution in [3.63, 3.8) is 0 Å². The molecule has 0 saturated carbocycles. The van der Waals surface area contributed by atoms with Crippen molar-refractivity contribution in [2.24, 2.45) is 4.99 Å². The summed E-state index contributed by atoms with van der Waals surface area (Å²) in [6, 6.07) is 21.6. The smallest absolute Gasteiger partial charge is 0.338 e. The van der Waals surface area contributed by atoms with E-state index in [0.29, 0.717) is 27.1 Å². The minimum atomic E-state index is -0.673. The van der Waals surface area contributed by atoms with Crippen LogP contribution < -0.4 is 19.8 Å². The number of carbonyl (C=O) groups is 1. The van der Waals surface area contributed by atoms with Crippen LogP contribution in [0.2, 0.25) is 0 Å². The molecule has 2 aromatic heterocycles. The normalized spacial score (nSPS) is 15.0. The van der Waals surface area contributed by atoms with Crippen molar-refractivity contribution in [1.29, 1.82) is 0 Å². The summed E-state index contributed by atoms with van der Waals surface area (Å²) >= 11 is 1.30. The molecule has 3 heterocycles. The summed E-state index contributed by atoms with van der Waals surface area (Å²) in [5.74, 6) is -0.756. The van der Waals surface area contributed by atoms with E-state index in [1.54, 1.807) is 30.5 Å². The lowest BCUT2D eigenvalue weighted by Gasteiger charge is -2.25. The Kier molecular flexibility index (Phi) is 7.58. The number of aromatic nitrogens is 2. The third-order valence-corrected chi connectivity index (χ3v) is 8.60.